The third kappa shape index (κ3) is 12.0. The van der Waals surface area contributed by atoms with Gasteiger partial charge >= 0.3 is 6.03 Å². The molecule has 4 amide bonds. The minimum atomic E-state index is -1.51. The maximum absolute atomic E-state index is 13.7. The Kier molecular flexibility index (Phi) is 14.3. The van der Waals surface area contributed by atoms with Gasteiger partial charge in [0.2, 0.25) is 17.8 Å². The summed E-state index contributed by atoms with van der Waals surface area (Å²) in [7, 11) is 3.29. The van der Waals surface area contributed by atoms with Crippen LogP contribution >= 0.6 is 0 Å². The van der Waals surface area contributed by atoms with Crippen LogP contribution in [0.15, 0.2) is 110 Å². The van der Waals surface area contributed by atoms with E-state index in [2.05, 4.69) is 54.4 Å². The van der Waals surface area contributed by atoms with E-state index in [1.165, 1.54) is 26.7 Å². The summed E-state index contributed by atoms with van der Waals surface area (Å²) < 4.78 is 14.8. The van der Waals surface area contributed by atoms with Gasteiger partial charge in [-0.05, 0) is 135 Å². The van der Waals surface area contributed by atoms with Crippen LogP contribution in [0, 0.1) is 29.6 Å². The maximum Gasteiger partial charge on any atom is 0.342 e. The number of hydrogen-bond acceptors (Lipinski definition) is 10. The summed E-state index contributed by atoms with van der Waals surface area (Å²) in [4.78, 5) is 69.1. The Morgan fingerprint density at radius 2 is 1.37 bits per heavy atom. The summed E-state index contributed by atoms with van der Waals surface area (Å²) in [5, 5.41) is 32.5. The van der Waals surface area contributed by atoms with E-state index in [0.717, 1.165) is 22.3 Å². The number of anilines is 2. The lowest BCUT2D eigenvalue weighted by Crippen LogP contribution is -2.48. The predicted octanol–water partition coefficient (Wildman–Crippen LogP) is 5.32. The number of aryl methyl sites for hydroxylation is 2. The first-order valence-corrected chi connectivity index (χ1v) is 22.9. The zero-order valence-corrected chi connectivity index (χ0v) is 39.2. The second kappa shape index (κ2) is 20.7. The molecule has 0 spiro atoms. The maximum atomic E-state index is 13.7. The number of hydrogen-bond donors (Lipinski definition) is 4. The molecule has 2 aliphatic heterocycles. The van der Waals surface area contributed by atoms with Gasteiger partial charge in [-0.2, -0.15) is 14.2 Å². The largest absolute Gasteiger partial charge is 0.378 e. The van der Waals surface area contributed by atoms with Crippen molar-refractivity contribution < 1.29 is 33.8 Å². The van der Waals surface area contributed by atoms with Crippen molar-refractivity contribution in [3.05, 3.63) is 166 Å². The van der Waals surface area contributed by atoms with Crippen molar-refractivity contribution in [1.82, 2.24) is 35.4 Å². The van der Waals surface area contributed by atoms with Crippen LogP contribution in [0.3, 0.4) is 0 Å². The summed E-state index contributed by atoms with van der Waals surface area (Å²) in [5.74, 6) is 10.2. The molecule has 2 aromatic carbocycles. The number of carbonyl (C=O) groups excluding carboxylic acids is 4. The molecule has 0 saturated carbocycles. The number of carbonyl (C=O) groups is 4. The Bertz CT molecular complexity index is 3090. The average Bonchev–Trinajstić information content (AvgIpc) is 3.74. The van der Waals surface area contributed by atoms with Crippen molar-refractivity contribution in [2.45, 2.75) is 88.5 Å². The van der Waals surface area contributed by atoms with Crippen molar-refractivity contribution in [1.29, 1.82) is 0 Å². The number of aromatic nitrogens is 5. The number of nitrogens with one attached hydrogen (secondary N) is 2. The lowest BCUT2D eigenvalue weighted by Gasteiger charge is -2.23. The number of nitrogens with zero attached hydrogens (tertiary/aromatic N) is 7. The Labute approximate surface area is 405 Å². The van der Waals surface area contributed by atoms with Crippen LogP contribution in [0.25, 0.3) is 0 Å². The molecule has 0 saturated heterocycles. The van der Waals surface area contributed by atoms with Crippen LogP contribution in [0.5, 0.6) is 0 Å². The van der Waals surface area contributed by atoms with Crippen molar-refractivity contribution in [3.63, 3.8) is 0 Å². The van der Waals surface area contributed by atoms with Gasteiger partial charge in [-0.15, -0.1) is 0 Å². The Morgan fingerprint density at radius 1 is 0.743 bits per heavy atom. The highest BCUT2D eigenvalue weighted by Crippen LogP contribution is 2.30. The van der Waals surface area contributed by atoms with Crippen molar-refractivity contribution in [2.75, 3.05) is 23.9 Å². The first kappa shape index (κ1) is 48.4. The van der Waals surface area contributed by atoms with Crippen LogP contribution < -0.4 is 20.4 Å². The fourth-order valence-corrected chi connectivity index (χ4v) is 8.39. The van der Waals surface area contributed by atoms with Gasteiger partial charge in [0, 0.05) is 79.9 Å². The third-order valence-corrected chi connectivity index (χ3v) is 12.4. The van der Waals surface area contributed by atoms with Gasteiger partial charge in [0.25, 0.3) is 5.91 Å². The topological polar surface area (TPSA) is 196 Å². The molecule has 6 aromatic rings. The van der Waals surface area contributed by atoms with E-state index in [1.807, 2.05) is 36.4 Å². The molecule has 0 aliphatic carbocycles. The number of aliphatic hydroxyl groups is 2. The van der Waals surface area contributed by atoms with Crippen LogP contribution in [-0.4, -0.2) is 96.1 Å². The second-order valence-electron chi connectivity index (χ2n) is 18.1. The number of halogens is 1. The molecule has 16 heteroatoms. The summed E-state index contributed by atoms with van der Waals surface area (Å²) >= 11 is 0. The number of amides is 4. The molecule has 0 bridgehead atoms. The Hall–Kier alpha value is -8.05. The lowest BCUT2D eigenvalue weighted by molar-refractivity contribution is -0.120. The zero-order valence-electron chi connectivity index (χ0n) is 39.2. The third-order valence-electron chi connectivity index (χ3n) is 12.4. The Balaban J connectivity index is 0.849. The average molecular weight is 942 g/mol. The first-order chi connectivity index (χ1) is 33.5. The van der Waals surface area contributed by atoms with Crippen molar-refractivity contribution in [2.24, 2.45) is 0 Å². The molecule has 15 nitrogen and oxygen atoms in total. The molecule has 2 unspecified atom stereocenters. The van der Waals surface area contributed by atoms with Crippen LogP contribution in [-0.2, 0) is 35.3 Å². The van der Waals surface area contributed by atoms with Crippen LogP contribution in [0.1, 0.15) is 94.7 Å². The minimum Gasteiger partial charge on any atom is -0.378 e. The van der Waals surface area contributed by atoms with E-state index in [4.69, 9.17) is 0 Å². The summed E-state index contributed by atoms with van der Waals surface area (Å²) in [6.07, 6.45) is 11.0. The number of fused-ring (bicyclic) bond motifs is 2. The summed E-state index contributed by atoms with van der Waals surface area (Å²) in [5.41, 5.74) is 4.37. The van der Waals surface area contributed by atoms with Gasteiger partial charge in [0.05, 0.1) is 6.20 Å². The van der Waals surface area contributed by atoms with Crippen molar-refractivity contribution in [3.8, 4) is 23.7 Å². The van der Waals surface area contributed by atoms with E-state index in [9.17, 15) is 33.8 Å². The van der Waals surface area contributed by atoms with Crippen LogP contribution in [0.4, 0.5) is 20.6 Å². The molecule has 4 atom stereocenters. The standard InChI is InChI=1S/C54H52FN9O6/c1-53(69,21-18-35-10-12-40-14-16-43(50(66)62(3)46(40)30-35)60-49(65)45-29-37(20-26-57-45)28-42-8-5-9-48(55)59-42)23-24-54(2,70)22-19-36-11-13-41-15-17-44(51(67)63(4)47(41)31-36)61-52(68)64-34-39(33-58-64)27-38-7-6-25-56-32-38/h5-13,20,25-26,29-34,43-44,69-70H,14-17,23-24,27-28H2,1-4H3,(H,60,65)(H,61,68)/t43-,44-,53?,54?/m1/s1. The van der Waals surface area contributed by atoms with Gasteiger partial charge in [0.1, 0.15) is 29.0 Å². The van der Waals surface area contributed by atoms with E-state index >= 15 is 0 Å². The monoisotopic (exact) mass is 941 g/mol. The van der Waals surface area contributed by atoms with Crippen LogP contribution in [0.2, 0.25) is 0 Å². The van der Waals surface area contributed by atoms with E-state index in [0.29, 0.717) is 72.3 Å². The zero-order chi connectivity index (χ0) is 49.6. The molecule has 0 fully saturated rings. The Morgan fingerprint density at radius 3 is 1.97 bits per heavy atom. The molecule has 4 N–H and O–H groups in total. The van der Waals surface area contributed by atoms with E-state index in [-0.39, 0.29) is 30.3 Å². The lowest BCUT2D eigenvalue weighted by atomic mass is 9.91. The fourth-order valence-electron chi connectivity index (χ4n) is 8.39. The SMILES string of the molecule is CN1C(=O)[C@H](NC(=O)c2cc(Cc3cccc(F)n3)ccn2)CCc2ccc(C#CC(C)(O)CCC(C)(O)C#Cc3ccc4c(c3)N(C)C(=O)[C@H](NC(=O)n3cc(Cc5cccnc5)cn3)CC4)cc21. The number of rotatable bonds is 10. The number of pyridine rings is 3. The highest BCUT2D eigenvalue weighted by Gasteiger charge is 2.32. The van der Waals surface area contributed by atoms with Gasteiger partial charge in [-0.25, -0.2) is 9.78 Å². The molecule has 8 rings (SSSR count). The molecule has 4 aromatic heterocycles. The fraction of sp³-hybridized carbons (Fsp3) is 0.296. The van der Waals surface area contributed by atoms with Crippen molar-refractivity contribution >= 4 is 35.1 Å². The molecule has 2 aliphatic rings. The highest BCUT2D eigenvalue weighted by atomic mass is 19.1. The summed E-state index contributed by atoms with van der Waals surface area (Å²) in [6, 6.07) is 20.5. The predicted molar refractivity (Wildman–Crippen MR) is 260 cm³/mol. The van der Waals surface area contributed by atoms with Gasteiger partial charge in [-0.3, -0.25) is 24.4 Å². The molecule has 6 heterocycles. The van der Waals surface area contributed by atoms with Gasteiger partial charge in [0.15, 0.2) is 0 Å². The van der Waals surface area contributed by atoms with E-state index < -0.39 is 41.2 Å². The smallest absolute Gasteiger partial charge is 0.342 e. The molecule has 356 valence electrons. The molecular formula is C54H52FN9O6. The quantitative estimate of drug-likeness (QED) is 0.103. The highest BCUT2D eigenvalue weighted by molar-refractivity contribution is 6.03. The summed E-state index contributed by atoms with van der Waals surface area (Å²) in [6.45, 7) is 3.12. The molecule has 70 heavy (non-hydrogen) atoms. The number of benzene rings is 2. The molecule has 0 radical (unpaired) electrons. The first-order valence-electron chi connectivity index (χ1n) is 22.9. The van der Waals surface area contributed by atoms with E-state index in [1.54, 1.807) is 89.1 Å². The minimum absolute atomic E-state index is 0.0880. The molecular weight excluding hydrogens is 890 g/mol. The van der Waals surface area contributed by atoms with Gasteiger partial charge < -0.3 is 30.6 Å². The second-order valence-corrected chi connectivity index (χ2v) is 18.1. The normalized spacial score (nSPS) is 17.2. The number of likely N-dealkylation sites (N-methyl/N-ethyl adjacent to an activating group) is 2. The van der Waals surface area contributed by atoms with Gasteiger partial charge in [-0.1, -0.05) is 47.9 Å².